The second-order valence-corrected chi connectivity index (χ2v) is 7.89. The lowest BCUT2D eigenvalue weighted by Crippen LogP contribution is -2.35. The molecule has 0 saturated heterocycles. The highest BCUT2D eigenvalue weighted by molar-refractivity contribution is 5.32. The van der Waals surface area contributed by atoms with Gasteiger partial charge in [0.1, 0.15) is 5.75 Å². The Balaban J connectivity index is 1.89. The Morgan fingerprint density at radius 2 is 1.85 bits per heavy atom. The number of nitrogens with one attached hydrogen (secondary N) is 1. The van der Waals surface area contributed by atoms with Crippen molar-refractivity contribution < 1.29 is 4.74 Å². The molecule has 1 N–H and O–H groups in total. The molecule has 0 heterocycles. The molecule has 1 saturated carbocycles. The van der Waals surface area contributed by atoms with Crippen molar-refractivity contribution in [1.82, 2.24) is 5.32 Å². The van der Waals surface area contributed by atoms with E-state index >= 15 is 0 Å². The molecule has 2 rings (SSSR count). The van der Waals surface area contributed by atoms with E-state index in [9.17, 15) is 0 Å². The highest BCUT2D eigenvalue weighted by Gasteiger charge is 2.25. The molecule has 2 heteroatoms. The molecule has 0 bridgehead atoms. The highest BCUT2D eigenvalue weighted by Crippen LogP contribution is 2.27. The van der Waals surface area contributed by atoms with Crippen molar-refractivity contribution in [2.24, 2.45) is 5.41 Å². The maximum atomic E-state index is 6.02. The van der Waals surface area contributed by atoms with E-state index in [1.165, 1.54) is 18.4 Å². The number of hydrogen-bond donors (Lipinski definition) is 1. The summed E-state index contributed by atoms with van der Waals surface area (Å²) in [6.07, 6.45) is 2.68. The topological polar surface area (TPSA) is 21.3 Å². The Morgan fingerprint density at radius 3 is 2.45 bits per heavy atom. The molecule has 0 spiro atoms. The van der Waals surface area contributed by atoms with Gasteiger partial charge in [0.05, 0.1) is 6.61 Å². The zero-order valence-electron chi connectivity index (χ0n) is 13.6. The van der Waals surface area contributed by atoms with Crippen molar-refractivity contribution in [3.63, 3.8) is 0 Å². The molecule has 1 aliphatic rings. The molecule has 20 heavy (non-hydrogen) atoms. The van der Waals surface area contributed by atoms with Crippen molar-refractivity contribution in [3.8, 4) is 5.75 Å². The molecule has 0 unspecified atom stereocenters. The largest absolute Gasteiger partial charge is 0.493 e. The lowest BCUT2D eigenvalue weighted by atomic mass is 9.87. The van der Waals surface area contributed by atoms with Crippen LogP contribution in [0.3, 0.4) is 0 Å². The number of hydrogen-bond acceptors (Lipinski definition) is 2. The molecular formula is C18H29NO. The Kier molecular flexibility index (Phi) is 4.43. The maximum absolute atomic E-state index is 6.02. The predicted molar refractivity (Wildman–Crippen MR) is 85.4 cm³/mol. The van der Waals surface area contributed by atoms with Gasteiger partial charge < -0.3 is 10.1 Å². The standard InChI is InChI=1S/C18H29NO/c1-17(2,3)14-7-6-8-16(11-14)20-13-18(4,5)12-19-15-9-10-15/h6-8,11,15,19H,9-10,12-13H2,1-5H3. The summed E-state index contributed by atoms with van der Waals surface area (Å²) in [5.74, 6) is 0.983. The molecule has 0 atom stereocenters. The van der Waals surface area contributed by atoms with Gasteiger partial charge in [0.2, 0.25) is 0 Å². The summed E-state index contributed by atoms with van der Waals surface area (Å²) in [6.45, 7) is 13.0. The van der Waals surface area contributed by atoms with E-state index in [4.69, 9.17) is 4.74 Å². The van der Waals surface area contributed by atoms with Crippen LogP contribution in [-0.4, -0.2) is 19.2 Å². The van der Waals surface area contributed by atoms with Crippen molar-refractivity contribution in [1.29, 1.82) is 0 Å². The third-order valence-electron chi connectivity index (χ3n) is 3.78. The maximum Gasteiger partial charge on any atom is 0.119 e. The number of ether oxygens (including phenoxy) is 1. The minimum Gasteiger partial charge on any atom is -0.493 e. The van der Waals surface area contributed by atoms with Crippen LogP contribution < -0.4 is 10.1 Å². The van der Waals surface area contributed by atoms with Crippen molar-refractivity contribution in [2.45, 2.75) is 58.9 Å². The highest BCUT2D eigenvalue weighted by atomic mass is 16.5. The SMILES string of the molecule is CC(C)(CNC1CC1)COc1cccc(C(C)(C)C)c1. The minimum atomic E-state index is 0.167. The first kappa shape index (κ1) is 15.4. The Labute approximate surface area is 123 Å². The van der Waals surface area contributed by atoms with Crippen molar-refractivity contribution >= 4 is 0 Å². The average Bonchev–Trinajstić information content (AvgIpc) is 3.18. The lowest BCUT2D eigenvalue weighted by Gasteiger charge is -2.26. The van der Waals surface area contributed by atoms with Crippen LogP contribution in [0, 0.1) is 5.41 Å². The molecule has 1 aromatic rings. The van der Waals surface area contributed by atoms with Crippen molar-refractivity contribution in [2.75, 3.05) is 13.2 Å². The van der Waals surface area contributed by atoms with Crippen LogP contribution in [0.5, 0.6) is 5.75 Å². The first-order valence-corrected chi connectivity index (χ1v) is 7.73. The molecule has 2 nitrogen and oxygen atoms in total. The summed E-state index contributed by atoms with van der Waals surface area (Å²) in [7, 11) is 0. The molecular weight excluding hydrogens is 246 g/mol. The van der Waals surface area contributed by atoms with E-state index in [2.05, 4.69) is 64.2 Å². The Morgan fingerprint density at radius 1 is 1.15 bits per heavy atom. The second-order valence-electron chi connectivity index (χ2n) is 7.89. The molecule has 0 aromatic heterocycles. The number of rotatable bonds is 6. The summed E-state index contributed by atoms with van der Waals surface area (Å²) >= 11 is 0. The predicted octanol–water partition coefficient (Wildman–Crippen LogP) is 4.14. The van der Waals surface area contributed by atoms with Gasteiger partial charge in [0.15, 0.2) is 0 Å². The monoisotopic (exact) mass is 275 g/mol. The lowest BCUT2D eigenvalue weighted by molar-refractivity contribution is 0.175. The van der Waals surface area contributed by atoms with Gasteiger partial charge in [-0.05, 0) is 36.0 Å². The Hall–Kier alpha value is -1.02. The first-order valence-electron chi connectivity index (χ1n) is 7.73. The molecule has 112 valence electrons. The third-order valence-corrected chi connectivity index (χ3v) is 3.78. The summed E-state index contributed by atoms with van der Waals surface area (Å²) in [6, 6.07) is 9.25. The molecule has 0 amide bonds. The van der Waals surface area contributed by atoms with Gasteiger partial charge in [-0.3, -0.25) is 0 Å². The van der Waals surface area contributed by atoms with Gasteiger partial charge in [-0.1, -0.05) is 46.8 Å². The van der Waals surface area contributed by atoms with Gasteiger partial charge >= 0.3 is 0 Å². The van der Waals surface area contributed by atoms with E-state index in [0.717, 1.165) is 24.9 Å². The normalized spacial score (nSPS) is 16.2. The smallest absolute Gasteiger partial charge is 0.119 e. The van der Waals surface area contributed by atoms with Crippen LogP contribution in [-0.2, 0) is 5.41 Å². The van der Waals surface area contributed by atoms with Gasteiger partial charge in [-0.25, -0.2) is 0 Å². The average molecular weight is 275 g/mol. The fourth-order valence-electron chi connectivity index (χ4n) is 2.09. The van der Waals surface area contributed by atoms with Crippen LogP contribution in [0.25, 0.3) is 0 Å². The molecule has 0 aliphatic heterocycles. The van der Waals surface area contributed by atoms with Gasteiger partial charge in [0.25, 0.3) is 0 Å². The third kappa shape index (κ3) is 4.82. The van der Waals surface area contributed by atoms with E-state index in [-0.39, 0.29) is 10.8 Å². The molecule has 1 aromatic carbocycles. The fraction of sp³-hybridized carbons (Fsp3) is 0.667. The Bertz CT molecular complexity index is 441. The quantitative estimate of drug-likeness (QED) is 0.842. The summed E-state index contributed by atoms with van der Waals surface area (Å²) < 4.78 is 6.02. The van der Waals surface area contributed by atoms with E-state index in [0.29, 0.717) is 0 Å². The van der Waals surface area contributed by atoms with Gasteiger partial charge in [-0.2, -0.15) is 0 Å². The number of benzene rings is 1. The first-order chi connectivity index (χ1) is 9.26. The van der Waals surface area contributed by atoms with Crippen LogP contribution in [0.4, 0.5) is 0 Å². The van der Waals surface area contributed by atoms with Gasteiger partial charge in [0, 0.05) is 18.0 Å². The van der Waals surface area contributed by atoms with E-state index < -0.39 is 0 Å². The minimum absolute atomic E-state index is 0.167. The summed E-state index contributed by atoms with van der Waals surface area (Å²) in [4.78, 5) is 0. The zero-order valence-corrected chi connectivity index (χ0v) is 13.6. The van der Waals surface area contributed by atoms with Crippen LogP contribution in [0.2, 0.25) is 0 Å². The summed E-state index contributed by atoms with van der Waals surface area (Å²) in [5.41, 5.74) is 1.66. The second kappa shape index (κ2) is 5.77. The van der Waals surface area contributed by atoms with E-state index in [1.807, 2.05) is 0 Å². The molecule has 0 radical (unpaired) electrons. The van der Waals surface area contributed by atoms with Gasteiger partial charge in [-0.15, -0.1) is 0 Å². The van der Waals surface area contributed by atoms with Crippen LogP contribution in [0.1, 0.15) is 53.0 Å². The van der Waals surface area contributed by atoms with Crippen molar-refractivity contribution in [3.05, 3.63) is 29.8 Å². The molecule has 1 aliphatic carbocycles. The molecule has 1 fully saturated rings. The van der Waals surface area contributed by atoms with Crippen LogP contribution in [0.15, 0.2) is 24.3 Å². The fourth-order valence-corrected chi connectivity index (χ4v) is 2.09. The van der Waals surface area contributed by atoms with E-state index in [1.54, 1.807) is 0 Å². The van der Waals surface area contributed by atoms with Crippen LogP contribution >= 0.6 is 0 Å². The zero-order chi connectivity index (χ0) is 14.8. The summed E-state index contributed by atoms with van der Waals surface area (Å²) in [5, 5.41) is 3.59.